The van der Waals surface area contributed by atoms with Gasteiger partial charge in [0.05, 0.1) is 5.69 Å². The van der Waals surface area contributed by atoms with Crippen LogP contribution in [-0.4, -0.2) is 11.3 Å². The first-order valence-corrected chi connectivity index (χ1v) is 5.95. The van der Waals surface area contributed by atoms with E-state index in [2.05, 4.69) is 11.9 Å². The Hall–Kier alpha value is -1.44. The summed E-state index contributed by atoms with van der Waals surface area (Å²) in [7, 11) is 0. The van der Waals surface area contributed by atoms with E-state index >= 15 is 0 Å². The van der Waals surface area contributed by atoms with Crippen molar-refractivity contribution < 1.29 is 4.79 Å². The number of unbranched alkanes of at least 4 members (excludes halogenated alkanes) is 4. The zero-order valence-electron chi connectivity index (χ0n) is 9.86. The van der Waals surface area contributed by atoms with Gasteiger partial charge in [-0.2, -0.15) is 0 Å². The number of hydrogen-bond acceptors (Lipinski definition) is 2. The zero-order chi connectivity index (χ0) is 11.6. The van der Waals surface area contributed by atoms with Crippen LogP contribution in [0.15, 0.2) is 30.5 Å². The van der Waals surface area contributed by atoms with Gasteiger partial charge in [0.25, 0.3) is 0 Å². The molecule has 0 spiro atoms. The molecule has 16 heavy (non-hydrogen) atoms. The van der Waals surface area contributed by atoms with E-state index in [0.29, 0.717) is 5.57 Å². The van der Waals surface area contributed by atoms with Crippen LogP contribution < -0.4 is 0 Å². The molecule has 2 heteroatoms. The molecule has 0 bridgehead atoms. The number of carbonyl (C=O) groups is 1. The molecule has 0 fully saturated rings. The summed E-state index contributed by atoms with van der Waals surface area (Å²) in [6.45, 7) is 2.20. The Labute approximate surface area is 97.4 Å². The van der Waals surface area contributed by atoms with E-state index in [1.54, 1.807) is 6.20 Å². The molecule has 1 aromatic rings. The number of pyridine rings is 1. The van der Waals surface area contributed by atoms with E-state index < -0.39 is 0 Å². The first-order valence-electron chi connectivity index (χ1n) is 5.95. The predicted octanol–water partition coefficient (Wildman–Crippen LogP) is 3.63. The van der Waals surface area contributed by atoms with Crippen LogP contribution in [0, 0.1) is 0 Å². The van der Waals surface area contributed by atoms with Gasteiger partial charge in [-0.05, 0) is 25.0 Å². The SMILES string of the molecule is CCCCCCC=C(C=O)c1ccccn1. The second-order valence-corrected chi connectivity index (χ2v) is 3.84. The minimum absolute atomic E-state index is 0.706. The highest BCUT2D eigenvalue weighted by Crippen LogP contribution is 2.11. The number of allylic oxidation sites excluding steroid dienone is 2. The van der Waals surface area contributed by atoms with Crippen LogP contribution >= 0.6 is 0 Å². The van der Waals surface area contributed by atoms with Crippen LogP contribution in [0.25, 0.3) is 5.57 Å². The number of nitrogens with zero attached hydrogens (tertiary/aromatic N) is 1. The fourth-order valence-corrected chi connectivity index (χ4v) is 1.58. The molecule has 0 aromatic carbocycles. The van der Waals surface area contributed by atoms with Crippen LogP contribution in [0.1, 0.15) is 44.7 Å². The van der Waals surface area contributed by atoms with Gasteiger partial charge in [0.1, 0.15) is 0 Å². The molecule has 0 saturated heterocycles. The molecule has 1 aromatic heterocycles. The molecule has 2 nitrogen and oxygen atoms in total. The van der Waals surface area contributed by atoms with E-state index in [1.807, 2.05) is 24.3 Å². The standard InChI is InChI=1S/C14H19NO/c1-2-3-4-5-6-9-13(12-16)14-10-7-8-11-15-14/h7-12H,2-6H2,1H3. The maximum atomic E-state index is 10.9. The fraction of sp³-hybridized carbons (Fsp3) is 0.429. The van der Waals surface area contributed by atoms with Gasteiger partial charge < -0.3 is 0 Å². The van der Waals surface area contributed by atoms with Crippen molar-refractivity contribution in [3.63, 3.8) is 0 Å². The number of hydrogen-bond donors (Lipinski definition) is 0. The molecule has 86 valence electrons. The number of rotatable bonds is 7. The van der Waals surface area contributed by atoms with Gasteiger partial charge in [-0.15, -0.1) is 0 Å². The normalized spacial score (nSPS) is 11.4. The third-order valence-electron chi connectivity index (χ3n) is 2.51. The molecule has 0 N–H and O–H groups in total. The quantitative estimate of drug-likeness (QED) is 0.396. The van der Waals surface area contributed by atoms with Crippen molar-refractivity contribution in [3.8, 4) is 0 Å². The highest BCUT2D eigenvalue weighted by atomic mass is 16.1. The first-order chi connectivity index (χ1) is 7.88. The van der Waals surface area contributed by atoms with E-state index in [1.165, 1.54) is 19.3 Å². The minimum Gasteiger partial charge on any atom is -0.298 e. The Morgan fingerprint density at radius 2 is 2.19 bits per heavy atom. The third kappa shape index (κ3) is 4.39. The second-order valence-electron chi connectivity index (χ2n) is 3.84. The molecule has 0 atom stereocenters. The summed E-state index contributed by atoms with van der Waals surface area (Å²) in [5, 5.41) is 0. The second kappa shape index (κ2) is 7.80. The van der Waals surface area contributed by atoms with Crippen molar-refractivity contribution in [2.75, 3.05) is 0 Å². The Bertz CT molecular complexity index is 330. The van der Waals surface area contributed by atoms with Crippen molar-refractivity contribution in [1.29, 1.82) is 0 Å². The van der Waals surface area contributed by atoms with Crippen LogP contribution in [0.3, 0.4) is 0 Å². The van der Waals surface area contributed by atoms with Crippen LogP contribution in [0.2, 0.25) is 0 Å². The highest BCUT2D eigenvalue weighted by molar-refractivity contribution is 6.05. The van der Waals surface area contributed by atoms with E-state index in [-0.39, 0.29) is 0 Å². The van der Waals surface area contributed by atoms with Crippen LogP contribution in [-0.2, 0) is 4.79 Å². The van der Waals surface area contributed by atoms with Gasteiger partial charge in [-0.25, -0.2) is 0 Å². The topological polar surface area (TPSA) is 30.0 Å². The molecular formula is C14H19NO. The highest BCUT2D eigenvalue weighted by Gasteiger charge is 1.99. The van der Waals surface area contributed by atoms with Crippen molar-refractivity contribution in [1.82, 2.24) is 4.98 Å². The third-order valence-corrected chi connectivity index (χ3v) is 2.51. The molecule has 1 heterocycles. The maximum absolute atomic E-state index is 10.9. The lowest BCUT2D eigenvalue weighted by Crippen LogP contribution is -1.89. The average Bonchev–Trinajstić information content (AvgIpc) is 2.35. The number of aldehydes is 1. The molecule has 0 aliphatic carbocycles. The van der Waals surface area contributed by atoms with Gasteiger partial charge in [0.2, 0.25) is 0 Å². The fourth-order valence-electron chi connectivity index (χ4n) is 1.58. The lowest BCUT2D eigenvalue weighted by Gasteiger charge is -1.99. The summed E-state index contributed by atoms with van der Waals surface area (Å²) in [6.07, 6.45) is 10.5. The van der Waals surface area contributed by atoms with Crippen LogP contribution in [0.4, 0.5) is 0 Å². The van der Waals surface area contributed by atoms with Crippen molar-refractivity contribution in [2.45, 2.75) is 39.0 Å². The molecule has 0 radical (unpaired) electrons. The van der Waals surface area contributed by atoms with Crippen molar-refractivity contribution in [3.05, 3.63) is 36.2 Å². The zero-order valence-corrected chi connectivity index (χ0v) is 9.86. The molecule has 1 rings (SSSR count). The number of carbonyl (C=O) groups excluding carboxylic acids is 1. The Balaban J connectivity index is 2.48. The minimum atomic E-state index is 0.706. The maximum Gasteiger partial charge on any atom is 0.151 e. The lowest BCUT2D eigenvalue weighted by atomic mass is 10.1. The summed E-state index contributed by atoms with van der Waals surface area (Å²) < 4.78 is 0. The van der Waals surface area contributed by atoms with Crippen LogP contribution in [0.5, 0.6) is 0 Å². The molecular weight excluding hydrogens is 198 g/mol. The largest absolute Gasteiger partial charge is 0.298 e. The summed E-state index contributed by atoms with van der Waals surface area (Å²) in [4.78, 5) is 15.1. The number of aromatic nitrogens is 1. The van der Waals surface area contributed by atoms with Crippen molar-refractivity contribution >= 4 is 11.9 Å². The molecule has 0 aliphatic rings. The van der Waals surface area contributed by atoms with Gasteiger partial charge in [0, 0.05) is 11.8 Å². The van der Waals surface area contributed by atoms with Gasteiger partial charge in [0.15, 0.2) is 6.29 Å². The van der Waals surface area contributed by atoms with Gasteiger partial charge >= 0.3 is 0 Å². The smallest absolute Gasteiger partial charge is 0.151 e. The molecule has 0 amide bonds. The first kappa shape index (κ1) is 12.6. The molecule has 0 unspecified atom stereocenters. The van der Waals surface area contributed by atoms with E-state index in [0.717, 1.165) is 24.8 Å². The van der Waals surface area contributed by atoms with E-state index in [4.69, 9.17) is 0 Å². The summed E-state index contributed by atoms with van der Waals surface area (Å²) in [6, 6.07) is 5.62. The summed E-state index contributed by atoms with van der Waals surface area (Å²) in [5.74, 6) is 0. The van der Waals surface area contributed by atoms with Crippen molar-refractivity contribution in [2.24, 2.45) is 0 Å². The average molecular weight is 217 g/mol. The van der Waals surface area contributed by atoms with Gasteiger partial charge in [-0.1, -0.05) is 38.3 Å². The summed E-state index contributed by atoms with van der Waals surface area (Å²) >= 11 is 0. The Morgan fingerprint density at radius 3 is 2.81 bits per heavy atom. The Morgan fingerprint density at radius 1 is 1.31 bits per heavy atom. The molecule has 0 saturated carbocycles. The predicted molar refractivity (Wildman–Crippen MR) is 67.0 cm³/mol. The van der Waals surface area contributed by atoms with Gasteiger partial charge in [-0.3, -0.25) is 9.78 Å². The van der Waals surface area contributed by atoms with E-state index in [9.17, 15) is 4.79 Å². The lowest BCUT2D eigenvalue weighted by molar-refractivity contribution is -0.103. The molecule has 0 aliphatic heterocycles. The Kier molecular flexibility index (Phi) is 6.16. The summed E-state index contributed by atoms with van der Waals surface area (Å²) in [5.41, 5.74) is 1.48. The monoisotopic (exact) mass is 217 g/mol.